The Balaban J connectivity index is 2.16. The van der Waals surface area contributed by atoms with E-state index in [4.69, 9.17) is 16.3 Å². The van der Waals surface area contributed by atoms with Crippen LogP contribution >= 0.6 is 23.4 Å². The quantitative estimate of drug-likeness (QED) is 0.635. The van der Waals surface area contributed by atoms with Crippen LogP contribution in [0, 0.1) is 0 Å². The fourth-order valence-corrected chi connectivity index (χ4v) is 4.20. The fourth-order valence-electron chi connectivity index (χ4n) is 2.57. The van der Waals surface area contributed by atoms with E-state index in [1.807, 2.05) is 0 Å². The van der Waals surface area contributed by atoms with Crippen molar-refractivity contribution >= 4 is 29.3 Å². The van der Waals surface area contributed by atoms with E-state index in [1.54, 1.807) is 22.4 Å². The third kappa shape index (κ3) is 2.09. The third-order valence-corrected chi connectivity index (χ3v) is 5.08. The Morgan fingerprint density at radius 1 is 1.58 bits per heavy atom. The van der Waals surface area contributed by atoms with Crippen LogP contribution in [0.3, 0.4) is 0 Å². The minimum atomic E-state index is -0.501. The molecule has 1 saturated carbocycles. The van der Waals surface area contributed by atoms with Crippen molar-refractivity contribution in [1.82, 2.24) is 4.57 Å². The van der Waals surface area contributed by atoms with Crippen LogP contribution in [0.4, 0.5) is 0 Å². The molecule has 0 spiro atoms. The molecule has 0 radical (unpaired) electrons. The number of carbonyl (C=O) groups excluding carboxylic acids is 1. The van der Waals surface area contributed by atoms with Crippen molar-refractivity contribution < 1.29 is 9.53 Å². The number of thioether (sulfide) groups is 1. The van der Waals surface area contributed by atoms with Gasteiger partial charge in [0, 0.05) is 17.7 Å². The number of alkyl halides is 1. The Morgan fingerprint density at radius 3 is 2.89 bits per heavy atom. The lowest BCUT2D eigenvalue weighted by molar-refractivity contribution is -0.143. The number of ether oxygens (including phenoxy) is 1. The summed E-state index contributed by atoms with van der Waals surface area (Å²) in [4.78, 5) is 24.0. The van der Waals surface area contributed by atoms with Gasteiger partial charge in [-0.3, -0.25) is 9.36 Å². The summed E-state index contributed by atoms with van der Waals surface area (Å²) in [5.74, 6) is 1.05. The van der Waals surface area contributed by atoms with Gasteiger partial charge in [-0.15, -0.1) is 23.4 Å². The average molecular weight is 300 g/mol. The zero-order valence-corrected chi connectivity index (χ0v) is 12.1. The van der Waals surface area contributed by atoms with Gasteiger partial charge in [-0.2, -0.15) is 0 Å². The molecule has 0 saturated heterocycles. The molecule has 3 rings (SSSR count). The number of pyridine rings is 1. The van der Waals surface area contributed by atoms with Crippen molar-refractivity contribution in [3.63, 3.8) is 0 Å². The zero-order chi connectivity index (χ0) is 13.6. The topological polar surface area (TPSA) is 48.3 Å². The number of fused-ring (bicyclic) bond motifs is 1. The lowest BCUT2D eigenvalue weighted by Gasteiger charge is -2.15. The molecule has 0 amide bonds. The summed E-state index contributed by atoms with van der Waals surface area (Å²) in [6.07, 6.45) is 2.27. The molecule has 1 unspecified atom stereocenters. The van der Waals surface area contributed by atoms with Crippen LogP contribution in [0.5, 0.6) is 0 Å². The van der Waals surface area contributed by atoms with Crippen LogP contribution in [0.15, 0.2) is 15.9 Å². The number of nitrogens with zero attached hydrogens (tertiary/aromatic N) is 1. The van der Waals surface area contributed by atoms with Gasteiger partial charge in [-0.1, -0.05) is 0 Å². The molecule has 1 aliphatic carbocycles. The number of hydrogen-bond acceptors (Lipinski definition) is 4. The average Bonchev–Trinajstić information content (AvgIpc) is 3.15. The van der Waals surface area contributed by atoms with Crippen molar-refractivity contribution in [1.29, 1.82) is 0 Å². The maximum Gasteiger partial charge on any atom is 0.329 e. The smallest absolute Gasteiger partial charge is 0.329 e. The minimum absolute atomic E-state index is 0.157. The van der Waals surface area contributed by atoms with Crippen molar-refractivity contribution in [3.8, 4) is 0 Å². The second-order valence-electron chi connectivity index (χ2n) is 4.85. The second-order valence-corrected chi connectivity index (χ2v) is 6.13. The molecule has 1 fully saturated rings. The molecule has 0 N–H and O–H groups in total. The standard InChI is InChI=1S/C13H14ClNO3S/c1-18-13(17)9-6-19-12-11(7-2-3-7)8(5-14)4-10(16)15(9)12/h4,7,9H,2-3,5-6H2,1H3. The first-order chi connectivity index (χ1) is 9.17. The van der Waals surface area contributed by atoms with E-state index in [-0.39, 0.29) is 11.5 Å². The largest absolute Gasteiger partial charge is 0.467 e. The highest BCUT2D eigenvalue weighted by Gasteiger charge is 2.37. The van der Waals surface area contributed by atoms with Gasteiger partial charge in [0.2, 0.25) is 0 Å². The molecule has 19 heavy (non-hydrogen) atoms. The normalized spacial score (nSPS) is 21.3. The number of rotatable bonds is 3. The first-order valence-electron chi connectivity index (χ1n) is 6.22. The van der Waals surface area contributed by atoms with Crippen LogP contribution in [0.2, 0.25) is 0 Å². The highest BCUT2D eigenvalue weighted by molar-refractivity contribution is 7.99. The first-order valence-corrected chi connectivity index (χ1v) is 7.74. The molecule has 6 heteroatoms. The number of aromatic nitrogens is 1. The van der Waals surface area contributed by atoms with E-state index in [2.05, 4.69) is 0 Å². The van der Waals surface area contributed by atoms with E-state index >= 15 is 0 Å². The van der Waals surface area contributed by atoms with Crippen LogP contribution in [-0.4, -0.2) is 23.4 Å². The molecule has 2 heterocycles. The molecule has 1 aromatic rings. The molecule has 1 atom stereocenters. The Bertz CT molecular complexity index is 594. The summed E-state index contributed by atoms with van der Waals surface area (Å²) in [5.41, 5.74) is 1.93. The van der Waals surface area contributed by atoms with Crippen LogP contribution in [0.1, 0.15) is 35.9 Å². The Morgan fingerprint density at radius 2 is 2.32 bits per heavy atom. The number of hydrogen-bond donors (Lipinski definition) is 0. The maximum atomic E-state index is 12.2. The molecule has 1 aliphatic heterocycles. The predicted octanol–water partition coefficient (Wildman–Crippen LogP) is 2.28. The Kier molecular flexibility index (Phi) is 3.35. The highest BCUT2D eigenvalue weighted by atomic mass is 35.5. The summed E-state index contributed by atoms with van der Waals surface area (Å²) in [7, 11) is 1.35. The van der Waals surface area contributed by atoms with Crippen molar-refractivity contribution in [2.24, 2.45) is 0 Å². The van der Waals surface area contributed by atoms with Gasteiger partial charge >= 0.3 is 5.97 Å². The lowest BCUT2D eigenvalue weighted by atomic mass is 10.1. The Hall–Kier alpha value is -0.940. The first kappa shape index (κ1) is 13.1. The van der Waals surface area contributed by atoms with Gasteiger partial charge in [0.15, 0.2) is 0 Å². The molecule has 2 aliphatic rings. The van der Waals surface area contributed by atoms with Crippen LogP contribution in [0.25, 0.3) is 0 Å². The summed E-state index contributed by atoms with van der Waals surface area (Å²) in [6.45, 7) is 0. The van der Waals surface area contributed by atoms with Crippen molar-refractivity contribution in [2.75, 3.05) is 12.9 Å². The van der Waals surface area contributed by atoms with E-state index in [0.29, 0.717) is 17.6 Å². The number of halogens is 1. The summed E-state index contributed by atoms with van der Waals surface area (Å²) in [5, 5.41) is 0.918. The monoisotopic (exact) mass is 299 g/mol. The molecule has 1 aromatic heterocycles. The zero-order valence-electron chi connectivity index (χ0n) is 10.5. The van der Waals surface area contributed by atoms with Gasteiger partial charge in [-0.25, -0.2) is 4.79 Å². The van der Waals surface area contributed by atoms with E-state index in [9.17, 15) is 9.59 Å². The van der Waals surface area contributed by atoms with Crippen molar-refractivity contribution in [2.45, 2.75) is 35.7 Å². The summed E-state index contributed by atoms with van der Waals surface area (Å²) in [6, 6.07) is 1.07. The van der Waals surface area contributed by atoms with Gasteiger partial charge in [0.25, 0.3) is 5.56 Å². The van der Waals surface area contributed by atoms with E-state index in [0.717, 1.165) is 23.4 Å². The van der Waals surface area contributed by atoms with Crippen molar-refractivity contribution in [3.05, 3.63) is 27.5 Å². The van der Waals surface area contributed by atoms with Crippen LogP contribution < -0.4 is 5.56 Å². The predicted molar refractivity (Wildman–Crippen MR) is 74.0 cm³/mol. The van der Waals surface area contributed by atoms with E-state index in [1.165, 1.54) is 12.7 Å². The summed E-state index contributed by atoms with van der Waals surface area (Å²) < 4.78 is 6.36. The van der Waals surface area contributed by atoms with Gasteiger partial charge < -0.3 is 4.74 Å². The molecule has 102 valence electrons. The maximum absolute atomic E-state index is 12.2. The van der Waals surface area contributed by atoms with E-state index < -0.39 is 6.04 Å². The highest BCUT2D eigenvalue weighted by Crippen LogP contribution is 2.48. The molecule has 0 aromatic carbocycles. The summed E-state index contributed by atoms with van der Waals surface area (Å²) >= 11 is 7.52. The van der Waals surface area contributed by atoms with Crippen LogP contribution in [-0.2, 0) is 15.4 Å². The minimum Gasteiger partial charge on any atom is -0.467 e. The fraction of sp³-hybridized carbons (Fsp3) is 0.538. The molecular weight excluding hydrogens is 286 g/mol. The SMILES string of the molecule is COC(=O)C1CSc2c(C3CC3)c(CCl)cc(=O)n21. The number of methoxy groups -OCH3 is 1. The Labute approximate surface area is 120 Å². The van der Waals surface area contributed by atoms with Gasteiger partial charge in [-0.05, 0) is 29.9 Å². The third-order valence-electron chi connectivity index (χ3n) is 3.62. The number of esters is 1. The number of carbonyl (C=O) groups is 1. The molecule has 4 nitrogen and oxygen atoms in total. The van der Waals surface area contributed by atoms with Gasteiger partial charge in [0.1, 0.15) is 6.04 Å². The molecule has 0 bridgehead atoms. The lowest BCUT2D eigenvalue weighted by Crippen LogP contribution is -2.30. The second kappa shape index (κ2) is 4.87. The van der Waals surface area contributed by atoms with Gasteiger partial charge in [0.05, 0.1) is 12.1 Å². The molecular formula is C13H14ClNO3S.